The first kappa shape index (κ1) is 13.8. The fraction of sp³-hybridized carbons (Fsp3) is 0.400. The van der Waals surface area contributed by atoms with Crippen LogP contribution in [0, 0.1) is 0 Å². The van der Waals surface area contributed by atoms with Gasteiger partial charge in [-0.3, -0.25) is 0 Å². The quantitative estimate of drug-likeness (QED) is 0.597. The summed E-state index contributed by atoms with van der Waals surface area (Å²) in [6.45, 7) is 1.97. The monoisotopic (exact) mass is 260 g/mol. The number of nitrogens with one attached hydrogen (secondary N) is 1. The van der Waals surface area contributed by atoms with Crippen molar-refractivity contribution in [1.29, 1.82) is 0 Å². The Morgan fingerprint density at radius 2 is 2.06 bits per heavy atom. The van der Waals surface area contributed by atoms with Gasteiger partial charge < -0.3 is 15.5 Å². The van der Waals surface area contributed by atoms with Crippen LogP contribution >= 0.6 is 0 Å². The van der Waals surface area contributed by atoms with E-state index in [4.69, 9.17) is 10.2 Å². The lowest BCUT2D eigenvalue weighted by Gasteiger charge is -2.15. The Morgan fingerprint density at radius 1 is 1.41 bits per heavy atom. The molecule has 0 heterocycles. The maximum absolute atomic E-state index is 10.7. The lowest BCUT2D eigenvalue weighted by Crippen LogP contribution is -2.28. The standard InChI is InChI=1S/C10H16N2O4S/c1-7(12-4-5-17(11,15)16)9-3-2-8(13)6-10(9)14/h2-3,6-7,12-14H,4-5H2,1H3,(H2,11,15,16). The van der Waals surface area contributed by atoms with Crippen molar-refractivity contribution in [2.24, 2.45) is 5.14 Å². The molecule has 0 spiro atoms. The van der Waals surface area contributed by atoms with Gasteiger partial charge in [0.05, 0.1) is 5.75 Å². The van der Waals surface area contributed by atoms with Crippen LogP contribution in [0.15, 0.2) is 18.2 Å². The molecule has 1 rings (SSSR count). The van der Waals surface area contributed by atoms with Gasteiger partial charge in [-0.2, -0.15) is 0 Å². The largest absolute Gasteiger partial charge is 0.508 e. The third kappa shape index (κ3) is 4.59. The second kappa shape index (κ2) is 5.35. The van der Waals surface area contributed by atoms with Gasteiger partial charge in [-0.05, 0) is 13.0 Å². The van der Waals surface area contributed by atoms with Crippen molar-refractivity contribution in [2.75, 3.05) is 12.3 Å². The molecule has 1 aromatic carbocycles. The Labute approximate surface area is 100 Å². The Balaban J connectivity index is 2.61. The third-order valence-corrected chi connectivity index (χ3v) is 3.09. The van der Waals surface area contributed by atoms with E-state index in [9.17, 15) is 13.5 Å². The zero-order chi connectivity index (χ0) is 13.1. The molecule has 0 aliphatic carbocycles. The number of phenols is 2. The molecule has 0 aliphatic heterocycles. The van der Waals surface area contributed by atoms with Gasteiger partial charge in [-0.1, -0.05) is 6.07 Å². The first-order valence-corrected chi connectivity index (χ1v) is 6.77. The summed E-state index contributed by atoms with van der Waals surface area (Å²) in [5.41, 5.74) is 0.581. The highest BCUT2D eigenvalue weighted by Crippen LogP contribution is 2.27. The summed E-state index contributed by atoms with van der Waals surface area (Å²) in [5.74, 6) is -0.237. The molecule has 0 aliphatic rings. The van der Waals surface area contributed by atoms with Crippen LogP contribution in [0.5, 0.6) is 11.5 Å². The second-order valence-electron chi connectivity index (χ2n) is 3.79. The second-order valence-corrected chi connectivity index (χ2v) is 5.52. The lowest BCUT2D eigenvalue weighted by molar-refractivity contribution is 0.437. The summed E-state index contributed by atoms with van der Waals surface area (Å²) < 4.78 is 21.4. The molecule has 0 aromatic heterocycles. The molecule has 17 heavy (non-hydrogen) atoms. The number of benzene rings is 1. The van der Waals surface area contributed by atoms with Gasteiger partial charge in [0.15, 0.2) is 0 Å². The predicted molar refractivity (Wildman–Crippen MR) is 64.2 cm³/mol. The van der Waals surface area contributed by atoms with Crippen LogP contribution in [0.3, 0.4) is 0 Å². The maximum Gasteiger partial charge on any atom is 0.210 e. The number of nitrogens with two attached hydrogens (primary N) is 1. The van der Waals surface area contributed by atoms with Crippen LogP contribution in [0.2, 0.25) is 0 Å². The smallest absolute Gasteiger partial charge is 0.210 e. The zero-order valence-corrected chi connectivity index (χ0v) is 10.2. The van der Waals surface area contributed by atoms with Crippen LogP contribution in [0.1, 0.15) is 18.5 Å². The van der Waals surface area contributed by atoms with Crippen molar-refractivity contribution in [3.05, 3.63) is 23.8 Å². The number of hydrogen-bond donors (Lipinski definition) is 4. The average molecular weight is 260 g/mol. The molecule has 0 radical (unpaired) electrons. The lowest BCUT2D eigenvalue weighted by atomic mass is 10.1. The minimum atomic E-state index is -3.48. The number of phenolic OH excluding ortho intramolecular Hbond substituents is 2. The number of aromatic hydroxyl groups is 2. The van der Waals surface area contributed by atoms with Gasteiger partial charge >= 0.3 is 0 Å². The van der Waals surface area contributed by atoms with E-state index in [1.807, 2.05) is 0 Å². The molecular weight excluding hydrogens is 244 g/mol. The molecule has 0 saturated heterocycles. The van der Waals surface area contributed by atoms with Crippen molar-refractivity contribution in [2.45, 2.75) is 13.0 Å². The normalized spacial score (nSPS) is 13.5. The highest BCUT2D eigenvalue weighted by Gasteiger charge is 2.11. The van der Waals surface area contributed by atoms with Crippen LogP contribution in [-0.2, 0) is 10.0 Å². The van der Waals surface area contributed by atoms with Crippen molar-refractivity contribution in [1.82, 2.24) is 5.32 Å². The minimum absolute atomic E-state index is 0.0250. The van der Waals surface area contributed by atoms with Gasteiger partial charge in [0.25, 0.3) is 0 Å². The van der Waals surface area contributed by atoms with Gasteiger partial charge in [0.1, 0.15) is 11.5 Å². The average Bonchev–Trinajstić information content (AvgIpc) is 2.15. The Bertz CT molecular complexity index is 487. The third-order valence-electron chi connectivity index (χ3n) is 2.32. The Kier molecular flexibility index (Phi) is 4.33. The number of hydrogen-bond acceptors (Lipinski definition) is 5. The van der Waals surface area contributed by atoms with E-state index < -0.39 is 10.0 Å². The first-order valence-electron chi connectivity index (χ1n) is 5.05. The molecule has 1 aromatic rings. The van der Waals surface area contributed by atoms with Gasteiger partial charge in [0, 0.05) is 24.2 Å². The Hall–Kier alpha value is -1.31. The molecule has 7 heteroatoms. The molecule has 96 valence electrons. The summed E-state index contributed by atoms with van der Waals surface area (Å²) >= 11 is 0. The fourth-order valence-electron chi connectivity index (χ4n) is 1.43. The van der Waals surface area contributed by atoms with Crippen molar-refractivity contribution < 1.29 is 18.6 Å². The van der Waals surface area contributed by atoms with E-state index in [-0.39, 0.29) is 29.8 Å². The molecule has 0 bridgehead atoms. The van der Waals surface area contributed by atoms with Gasteiger partial charge in [-0.15, -0.1) is 0 Å². The molecule has 0 amide bonds. The summed E-state index contributed by atoms with van der Waals surface area (Å²) in [6.07, 6.45) is 0. The van der Waals surface area contributed by atoms with Crippen molar-refractivity contribution in [3.8, 4) is 11.5 Å². The molecule has 0 saturated carbocycles. The van der Waals surface area contributed by atoms with E-state index in [1.54, 1.807) is 13.0 Å². The van der Waals surface area contributed by atoms with Crippen LogP contribution in [-0.4, -0.2) is 30.9 Å². The van der Waals surface area contributed by atoms with E-state index in [0.29, 0.717) is 5.56 Å². The molecular formula is C10H16N2O4S. The molecule has 1 unspecified atom stereocenters. The van der Waals surface area contributed by atoms with E-state index in [0.717, 1.165) is 0 Å². The summed E-state index contributed by atoms with van der Waals surface area (Å²) in [4.78, 5) is 0. The number of primary sulfonamides is 1. The van der Waals surface area contributed by atoms with E-state index in [1.165, 1.54) is 12.1 Å². The first-order chi connectivity index (χ1) is 7.79. The minimum Gasteiger partial charge on any atom is -0.508 e. The maximum atomic E-state index is 10.7. The molecule has 0 fully saturated rings. The zero-order valence-electron chi connectivity index (χ0n) is 9.42. The summed E-state index contributed by atoms with van der Waals surface area (Å²) in [5, 5.41) is 26.5. The summed E-state index contributed by atoms with van der Waals surface area (Å²) in [7, 11) is -3.48. The van der Waals surface area contributed by atoms with E-state index in [2.05, 4.69) is 5.32 Å². The van der Waals surface area contributed by atoms with Gasteiger partial charge in [0.2, 0.25) is 10.0 Å². The van der Waals surface area contributed by atoms with Gasteiger partial charge in [-0.25, -0.2) is 13.6 Å². The van der Waals surface area contributed by atoms with Crippen LogP contribution in [0.4, 0.5) is 0 Å². The van der Waals surface area contributed by atoms with Crippen LogP contribution < -0.4 is 10.5 Å². The molecule has 6 nitrogen and oxygen atoms in total. The SMILES string of the molecule is CC(NCCS(N)(=O)=O)c1ccc(O)cc1O. The van der Waals surface area contributed by atoms with Crippen molar-refractivity contribution >= 4 is 10.0 Å². The predicted octanol–water partition coefficient (Wildman–Crippen LogP) is 0.0369. The van der Waals surface area contributed by atoms with Crippen molar-refractivity contribution in [3.63, 3.8) is 0 Å². The topological polar surface area (TPSA) is 113 Å². The fourth-order valence-corrected chi connectivity index (χ4v) is 1.83. The summed E-state index contributed by atoms with van der Waals surface area (Å²) in [6, 6.07) is 4.01. The number of rotatable bonds is 5. The molecule has 1 atom stereocenters. The number of sulfonamides is 1. The highest BCUT2D eigenvalue weighted by atomic mass is 32.2. The van der Waals surface area contributed by atoms with Crippen LogP contribution in [0.25, 0.3) is 0 Å². The molecule has 5 N–H and O–H groups in total. The highest BCUT2D eigenvalue weighted by molar-refractivity contribution is 7.89. The van der Waals surface area contributed by atoms with E-state index >= 15 is 0 Å². The Morgan fingerprint density at radius 3 is 2.59 bits per heavy atom.